The predicted molar refractivity (Wildman–Crippen MR) is 199 cm³/mol. The Morgan fingerprint density at radius 2 is 1.51 bits per heavy atom. The summed E-state index contributed by atoms with van der Waals surface area (Å²) in [4.78, 5) is 25.2. The Morgan fingerprint density at radius 3 is 2.24 bits per heavy atom. The lowest BCUT2D eigenvalue weighted by atomic mass is 9.89. The quantitative estimate of drug-likeness (QED) is 0.115. The lowest BCUT2D eigenvalue weighted by Crippen LogP contribution is -2.44. The highest BCUT2D eigenvalue weighted by Gasteiger charge is 2.39. The number of amides is 1. The van der Waals surface area contributed by atoms with E-state index in [9.17, 15) is 14.7 Å². The van der Waals surface area contributed by atoms with E-state index in [0.29, 0.717) is 13.1 Å². The molecule has 1 aliphatic rings. The molecule has 5 aromatic carbocycles. The van der Waals surface area contributed by atoms with E-state index in [1.165, 1.54) is 16.3 Å². The van der Waals surface area contributed by atoms with E-state index in [-0.39, 0.29) is 49.5 Å². The highest BCUT2D eigenvalue weighted by atomic mass is 16.7. The Morgan fingerprint density at radius 1 is 0.784 bits per heavy atom. The maximum atomic E-state index is 12.0. The summed E-state index contributed by atoms with van der Waals surface area (Å²) in [5.41, 5.74) is 7.01. The van der Waals surface area contributed by atoms with Crippen LogP contribution in [0.4, 0.5) is 0 Å². The zero-order chi connectivity index (χ0) is 35.9. The van der Waals surface area contributed by atoms with Gasteiger partial charge in [-0.25, -0.2) is 0 Å². The molecule has 0 bridgehead atoms. The van der Waals surface area contributed by atoms with Gasteiger partial charge in [0.2, 0.25) is 5.91 Å². The molecule has 1 saturated heterocycles. The number of carbonyl (C=O) groups is 2. The molecule has 0 aliphatic carbocycles. The van der Waals surface area contributed by atoms with Gasteiger partial charge in [0.25, 0.3) is 0 Å². The fraction of sp³-hybridized carbons (Fsp3) is 0.302. The van der Waals surface area contributed by atoms with Crippen molar-refractivity contribution in [3.63, 3.8) is 0 Å². The standard InChI is InChI=1S/C43H46N2O6/c1-28-39(26-45(3)29(2)36-20-17-32-8-4-5-9-38(32)24-36)50-43(51-42(28)34-13-11-30(27-46)12-14-34)35-18-15-33(16-19-35)37-10-6-7-31(23-37)25-44-40(47)21-22-41(48)49/h4-20,23-24,28-29,39,42-43,46H,21-22,25-27H2,1-3H3,(H,44,47)(H,48,49)/t28-,29-,39+,42+,43+/m1/s1. The van der Waals surface area contributed by atoms with Crippen molar-refractivity contribution >= 4 is 22.6 Å². The van der Waals surface area contributed by atoms with Crippen LogP contribution >= 0.6 is 0 Å². The Hall–Kier alpha value is -4.86. The number of fused-ring (bicyclic) bond motifs is 1. The maximum absolute atomic E-state index is 12.0. The van der Waals surface area contributed by atoms with Crippen molar-refractivity contribution in [2.45, 2.75) is 64.4 Å². The molecule has 8 heteroatoms. The van der Waals surface area contributed by atoms with Gasteiger partial charge in [0.15, 0.2) is 6.29 Å². The molecule has 1 aliphatic heterocycles. The van der Waals surface area contributed by atoms with E-state index < -0.39 is 12.3 Å². The minimum absolute atomic E-state index is 0.0101. The zero-order valence-corrected chi connectivity index (χ0v) is 29.4. The summed E-state index contributed by atoms with van der Waals surface area (Å²) in [6.45, 7) is 5.44. The van der Waals surface area contributed by atoms with Crippen LogP contribution in [0, 0.1) is 5.92 Å². The van der Waals surface area contributed by atoms with Crippen molar-refractivity contribution < 1.29 is 29.3 Å². The van der Waals surface area contributed by atoms with Gasteiger partial charge in [0.05, 0.1) is 25.2 Å². The molecule has 5 atom stereocenters. The molecule has 0 spiro atoms. The van der Waals surface area contributed by atoms with Gasteiger partial charge < -0.3 is 25.0 Å². The summed E-state index contributed by atoms with van der Waals surface area (Å²) in [6.07, 6.45) is -1.16. The number of likely N-dealkylation sites (N-methyl/N-ethyl adjacent to an activating group) is 1. The van der Waals surface area contributed by atoms with Crippen LogP contribution in [0.2, 0.25) is 0 Å². The van der Waals surface area contributed by atoms with Crippen molar-refractivity contribution in [1.29, 1.82) is 0 Å². The number of carbonyl (C=O) groups excluding carboxylic acids is 1. The third kappa shape index (κ3) is 8.90. The molecule has 264 valence electrons. The van der Waals surface area contributed by atoms with Crippen LogP contribution in [-0.4, -0.2) is 46.7 Å². The zero-order valence-electron chi connectivity index (χ0n) is 29.4. The Labute approximate surface area is 299 Å². The summed E-state index contributed by atoms with van der Waals surface area (Å²) in [5, 5.41) is 23.7. The largest absolute Gasteiger partial charge is 0.481 e. The second kappa shape index (κ2) is 16.4. The van der Waals surface area contributed by atoms with E-state index >= 15 is 0 Å². The average Bonchev–Trinajstić information content (AvgIpc) is 3.16. The maximum Gasteiger partial charge on any atom is 0.303 e. The molecule has 0 saturated carbocycles. The second-order valence-corrected chi connectivity index (χ2v) is 13.5. The lowest BCUT2D eigenvalue weighted by Gasteiger charge is -2.43. The summed E-state index contributed by atoms with van der Waals surface area (Å²) in [5.74, 6) is -1.22. The van der Waals surface area contributed by atoms with Crippen LogP contribution < -0.4 is 5.32 Å². The number of nitrogens with zero attached hydrogens (tertiary/aromatic N) is 1. The summed E-state index contributed by atoms with van der Waals surface area (Å²) >= 11 is 0. The van der Waals surface area contributed by atoms with E-state index in [4.69, 9.17) is 14.6 Å². The fourth-order valence-corrected chi connectivity index (χ4v) is 6.70. The smallest absolute Gasteiger partial charge is 0.303 e. The van der Waals surface area contributed by atoms with Crippen LogP contribution in [0.15, 0.2) is 115 Å². The number of aliphatic carboxylic acids is 1. The molecule has 51 heavy (non-hydrogen) atoms. The SMILES string of the molecule is C[C@@H]1[C@H](CN(C)[C@H](C)c2ccc3ccccc3c2)O[C@H](c2ccc(-c3cccc(CNC(=O)CCC(=O)O)c3)cc2)O[C@@H]1c1ccc(CO)cc1. The number of carboxylic acid groups (broad SMARTS) is 1. The second-order valence-electron chi connectivity index (χ2n) is 13.5. The third-order valence-corrected chi connectivity index (χ3v) is 10.0. The van der Waals surface area contributed by atoms with E-state index in [1.54, 1.807) is 0 Å². The number of aliphatic hydroxyl groups is 1. The first-order chi connectivity index (χ1) is 24.7. The van der Waals surface area contributed by atoms with Crippen molar-refractivity contribution in [3.05, 3.63) is 143 Å². The first-order valence-corrected chi connectivity index (χ1v) is 17.6. The number of nitrogens with one attached hydrogen (secondary N) is 1. The predicted octanol–water partition coefficient (Wildman–Crippen LogP) is 7.96. The molecular weight excluding hydrogens is 640 g/mol. The minimum atomic E-state index is -0.990. The summed E-state index contributed by atoms with van der Waals surface area (Å²) < 4.78 is 13.5. The third-order valence-electron chi connectivity index (χ3n) is 10.0. The van der Waals surface area contributed by atoms with Crippen molar-refractivity contribution in [3.8, 4) is 11.1 Å². The molecule has 0 aromatic heterocycles. The first kappa shape index (κ1) is 35.9. The molecule has 0 radical (unpaired) electrons. The topological polar surface area (TPSA) is 108 Å². The average molecular weight is 687 g/mol. The van der Waals surface area contributed by atoms with Gasteiger partial charge in [0, 0.05) is 37.0 Å². The molecule has 6 rings (SSSR count). The Bertz CT molecular complexity index is 1940. The first-order valence-electron chi connectivity index (χ1n) is 17.6. The van der Waals surface area contributed by atoms with Gasteiger partial charge in [-0.05, 0) is 70.3 Å². The fourth-order valence-electron chi connectivity index (χ4n) is 6.70. The van der Waals surface area contributed by atoms with Gasteiger partial charge in [0.1, 0.15) is 0 Å². The normalized spacial score (nSPS) is 19.5. The van der Waals surface area contributed by atoms with E-state index in [0.717, 1.165) is 33.4 Å². The molecule has 1 heterocycles. The summed E-state index contributed by atoms with van der Waals surface area (Å²) in [6, 6.07) is 39.4. The molecule has 1 amide bonds. The van der Waals surface area contributed by atoms with Gasteiger partial charge >= 0.3 is 5.97 Å². The molecule has 3 N–H and O–H groups in total. The van der Waals surface area contributed by atoms with Gasteiger partial charge in [-0.15, -0.1) is 0 Å². The van der Waals surface area contributed by atoms with E-state index in [1.807, 2.05) is 60.7 Å². The lowest BCUT2D eigenvalue weighted by molar-refractivity contribution is -0.276. The number of rotatable bonds is 13. The minimum Gasteiger partial charge on any atom is -0.481 e. The Kier molecular flexibility index (Phi) is 11.6. The van der Waals surface area contributed by atoms with Crippen LogP contribution in [0.1, 0.15) is 72.9 Å². The molecular formula is C43H46N2O6. The van der Waals surface area contributed by atoms with Crippen LogP contribution in [-0.2, 0) is 32.2 Å². The van der Waals surface area contributed by atoms with E-state index in [2.05, 4.69) is 85.7 Å². The number of ether oxygens (including phenoxy) is 2. The molecule has 0 unspecified atom stereocenters. The molecule has 5 aromatic rings. The van der Waals surface area contributed by atoms with Crippen LogP contribution in [0.3, 0.4) is 0 Å². The number of aliphatic hydroxyl groups excluding tert-OH is 1. The number of hydrogen-bond acceptors (Lipinski definition) is 6. The van der Waals surface area contributed by atoms with Crippen molar-refractivity contribution in [1.82, 2.24) is 10.2 Å². The highest BCUT2D eigenvalue weighted by molar-refractivity contribution is 5.83. The van der Waals surface area contributed by atoms with Crippen LogP contribution in [0.5, 0.6) is 0 Å². The van der Waals surface area contributed by atoms with Gasteiger partial charge in [-0.2, -0.15) is 0 Å². The van der Waals surface area contributed by atoms with Gasteiger partial charge in [-0.3, -0.25) is 14.5 Å². The van der Waals surface area contributed by atoms with Crippen LogP contribution in [0.25, 0.3) is 21.9 Å². The molecule has 8 nitrogen and oxygen atoms in total. The summed E-state index contributed by atoms with van der Waals surface area (Å²) in [7, 11) is 2.15. The monoisotopic (exact) mass is 686 g/mol. The number of benzene rings is 5. The van der Waals surface area contributed by atoms with Gasteiger partial charge in [-0.1, -0.05) is 110 Å². The number of carboxylic acids is 1. The molecule has 1 fully saturated rings. The van der Waals surface area contributed by atoms with Crippen molar-refractivity contribution in [2.75, 3.05) is 13.6 Å². The van der Waals surface area contributed by atoms with Crippen molar-refractivity contribution in [2.24, 2.45) is 5.92 Å². The Balaban J connectivity index is 1.19. The number of hydrogen-bond donors (Lipinski definition) is 3. The highest BCUT2D eigenvalue weighted by Crippen LogP contribution is 2.42.